The Bertz CT molecular complexity index is 650. The molecular formula is C18H23BrN2O2. The van der Waals surface area contributed by atoms with Crippen molar-refractivity contribution in [2.45, 2.75) is 45.1 Å². The second kappa shape index (κ2) is 5.93. The van der Waals surface area contributed by atoms with Crippen LogP contribution in [0.3, 0.4) is 0 Å². The molecule has 2 amide bonds. The van der Waals surface area contributed by atoms with Crippen LogP contribution in [-0.2, 0) is 10.2 Å². The van der Waals surface area contributed by atoms with Crippen molar-refractivity contribution in [3.05, 3.63) is 33.8 Å². The van der Waals surface area contributed by atoms with Crippen LogP contribution in [0.15, 0.2) is 22.7 Å². The number of hydrogen-bond donors (Lipinski definition) is 1. The minimum absolute atomic E-state index is 0.0494. The molecular weight excluding hydrogens is 356 g/mol. The van der Waals surface area contributed by atoms with Gasteiger partial charge in [-0.25, -0.2) is 0 Å². The Morgan fingerprint density at radius 2 is 2.09 bits per heavy atom. The second-order valence-corrected chi connectivity index (χ2v) is 8.49. The molecule has 0 radical (unpaired) electrons. The number of carbonyl (C=O) groups excluding carboxylic acids is 2. The Morgan fingerprint density at radius 3 is 2.74 bits per heavy atom. The van der Waals surface area contributed by atoms with E-state index >= 15 is 0 Å². The van der Waals surface area contributed by atoms with Gasteiger partial charge in [0.05, 0.1) is 6.54 Å². The minimum atomic E-state index is -0.168. The van der Waals surface area contributed by atoms with Gasteiger partial charge in [0.2, 0.25) is 5.91 Å². The van der Waals surface area contributed by atoms with E-state index in [0.717, 1.165) is 22.9 Å². The highest BCUT2D eigenvalue weighted by atomic mass is 79.9. The molecule has 0 saturated heterocycles. The van der Waals surface area contributed by atoms with Gasteiger partial charge in [0.25, 0.3) is 5.91 Å². The topological polar surface area (TPSA) is 49.4 Å². The summed E-state index contributed by atoms with van der Waals surface area (Å²) in [6.45, 7) is 7.12. The van der Waals surface area contributed by atoms with Crippen LogP contribution in [0, 0.1) is 5.92 Å². The highest BCUT2D eigenvalue weighted by Crippen LogP contribution is 2.35. The molecule has 1 aliphatic heterocycles. The molecule has 1 aromatic carbocycles. The third kappa shape index (κ3) is 3.30. The Balaban J connectivity index is 1.73. The lowest BCUT2D eigenvalue weighted by atomic mass is 9.78. The highest BCUT2D eigenvalue weighted by molar-refractivity contribution is 9.10. The lowest BCUT2D eigenvalue weighted by Crippen LogP contribution is -2.52. The molecule has 1 aliphatic carbocycles. The van der Waals surface area contributed by atoms with Crippen LogP contribution in [0.4, 0.5) is 0 Å². The molecule has 0 atom stereocenters. The summed E-state index contributed by atoms with van der Waals surface area (Å²) < 4.78 is 0.974. The SMILES string of the molecule is CC1CC(NC(=O)CN2CC(C)(C)c3cc(Br)ccc3C2=O)C1. The number of benzene rings is 1. The molecule has 1 heterocycles. The number of carbonyl (C=O) groups is 2. The summed E-state index contributed by atoms with van der Waals surface area (Å²) in [6, 6.07) is 6.03. The quantitative estimate of drug-likeness (QED) is 0.878. The van der Waals surface area contributed by atoms with Crippen molar-refractivity contribution < 1.29 is 9.59 Å². The molecule has 1 aromatic rings. The van der Waals surface area contributed by atoms with Gasteiger partial charge in [-0.3, -0.25) is 9.59 Å². The standard InChI is InChI=1S/C18H23BrN2O2/c1-11-6-13(7-11)20-16(22)9-21-10-18(2,3)15-8-12(19)4-5-14(15)17(21)23/h4-5,8,11,13H,6-7,9-10H2,1-3H3,(H,20,22). The van der Waals surface area contributed by atoms with Crippen LogP contribution >= 0.6 is 15.9 Å². The maximum absolute atomic E-state index is 12.7. The number of halogens is 1. The van der Waals surface area contributed by atoms with Crippen LogP contribution in [0.2, 0.25) is 0 Å². The summed E-state index contributed by atoms with van der Waals surface area (Å²) in [4.78, 5) is 26.6. The predicted molar refractivity (Wildman–Crippen MR) is 93.4 cm³/mol. The second-order valence-electron chi connectivity index (χ2n) is 7.58. The summed E-state index contributed by atoms with van der Waals surface area (Å²) in [5, 5.41) is 3.03. The molecule has 23 heavy (non-hydrogen) atoms. The molecule has 1 saturated carbocycles. The molecule has 0 bridgehead atoms. The minimum Gasteiger partial charge on any atom is -0.352 e. The maximum Gasteiger partial charge on any atom is 0.254 e. The van der Waals surface area contributed by atoms with Crippen molar-refractivity contribution in [3.63, 3.8) is 0 Å². The fourth-order valence-electron chi connectivity index (χ4n) is 3.66. The molecule has 0 spiro atoms. The van der Waals surface area contributed by atoms with Crippen LogP contribution in [0.5, 0.6) is 0 Å². The molecule has 124 valence electrons. The predicted octanol–water partition coefficient (Wildman–Crippen LogP) is 3.10. The van der Waals surface area contributed by atoms with E-state index < -0.39 is 0 Å². The van der Waals surface area contributed by atoms with Crippen LogP contribution < -0.4 is 5.32 Å². The molecule has 1 fully saturated rings. The number of nitrogens with zero attached hydrogens (tertiary/aromatic N) is 1. The van der Waals surface area contributed by atoms with Crippen molar-refractivity contribution in [1.82, 2.24) is 10.2 Å². The lowest BCUT2D eigenvalue weighted by molar-refractivity contribution is -0.123. The molecule has 2 aliphatic rings. The number of rotatable bonds is 3. The normalized spacial score (nSPS) is 25.6. The summed E-state index contributed by atoms with van der Waals surface area (Å²) >= 11 is 3.47. The molecule has 0 aromatic heterocycles. The molecule has 1 N–H and O–H groups in total. The van der Waals surface area contributed by atoms with E-state index in [9.17, 15) is 9.59 Å². The van der Waals surface area contributed by atoms with Gasteiger partial charge in [0, 0.05) is 28.0 Å². The van der Waals surface area contributed by atoms with Gasteiger partial charge in [0.1, 0.15) is 0 Å². The molecule has 3 rings (SSSR count). The van der Waals surface area contributed by atoms with Gasteiger partial charge in [-0.2, -0.15) is 0 Å². The Hall–Kier alpha value is -1.36. The fraction of sp³-hybridized carbons (Fsp3) is 0.556. The number of amides is 2. The Labute approximate surface area is 145 Å². The van der Waals surface area contributed by atoms with Gasteiger partial charge >= 0.3 is 0 Å². The number of fused-ring (bicyclic) bond motifs is 1. The summed E-state index contributed by atoms with van der Waals surface area (Å²) in [5.74, 6) is 0.594. The Kier molecular flexibility index (Phi) is 4.25. The maximum atomic E-state index is 12.7. The monoisotopic (exact) mass is 378 g/mol. The van der Waals surface area contributed by atoms with E-state index in [4.69, 9.17) is 0 Å². The zero-order chi connectivity index (χ0) is 16.8. The van der Waals surface area contributed by atoms with Crippen LogP contribution in [0.1, 0.15) is 49.5 Å². The zero-order valence-electron chi connectivity index (χ0n) is 13.9. The average Bonchev–Trinajstić information content (AvgIpc) is 2.42. The van der Waals surface area contributed by atoms with E-state index in [1.807, 2.05) is 18.2 Å². The number of nitrogens with one attached hydrogen (secondary N) is 1. The third-order valence-electron chi connectivity index (χ3n) is 4.89. The fourth-order valence-corrected chi connectivity index (χ4v) is 4.02. The summed E-state index contributed by atoms with van der Waals surface area (Å²) in [7, 11) is 0. The average molecular weight is 379 g/mol. The first kappa shape index (κ1) is 16.5. The van der Waals surface area contributed by atoms with Gasteiger partial charge in [-0.1, -0.05) is 36.7 Å². The van der Waals surface area contributed by atoms with Gasteiger partial charge in [0.15, 0.2) is 0 Å². The summed E-state index contributed by atoms with van der Waals surface area (Å²) in [5.41, 5.74) is 1.58. The van der Waals surface area contributed by atoms with Gasteiger partial charge in [-0.15, -0.1) is 0 Å². The smallest absolute Gasteiger partial charge is 0.254 e. The van der Waals surface area contributed by atoms with E-state index in [1.54, 1.807) is 4.90 Å². The lowest BCUT2D eigenvalue weighted by Gasteiger charge is -2.40. The van der Waals surface area contributed by atoms with Crippen LogP contribution in [-0.4, -0.2) is 35.8 Å². The van der Waals surface area contributed by atoms with Crippen molar-refractivity contribution in [2.24, 2.45) is 5.92 Å². The number of hydrogen-bond acceptors (Lipinski definition) is 2. The van der Waals surface area contributed by atoms with Crippen molar-refractivity contribution in [3.8, 4) is 0 Å². The molecule has 4 nitrogen and oxygen atoms in total. The molecule has 0 unspecified atom stereocenters. The molecule has 5 heteroatoms. The zero-order valence-corrected chi connectivity index (χ0v) is 15.4. The van der Waals surface area contributed by atoms with Crippen molar-refractivity contribution in [1.29, 1.82) is 0 Å². The van der Waals surface area contributed by atoms with E-state index in [-0.39, 0.29) is 29.8 Å². The first-order chi connectivity index (χ1) is 10.8. The van der Waals surface area contributed by atoms with Crippen molar-refractivity contribution in [2.75, 3.05) is 13.1 Å². The Morgan fingerprint density at radius 1 is 1.39 bits per heavy atom. The first-order valence-electron chi connectivity index (χ1n) is 8.15. The first-order valence-corrected chi connectivity index (χ1v) is 8.94. The largest absolute Gasteiger partial charge is 0.352 e. The van der Waals surface area contributed by atoms with E-state index in [0.29, 0.717) is 18.0 Å². The van der Waals surface area contributed by atoms with E-state index in [1.165, 1.54) is 0 Å². The summed E-state index contributed by atoms with van der Waals surface area (Å²) in [6.07, 6.45) is 2.09. The van der Waals surface area contributed by atoms with Gasteiger partial charge < -0.3 is 10.2 Å². The van der Waals surface area contributed by atoms with Gasteiger partial charge in [-0.05, 0) is 42.5 Å². The van der Waals surface area contributed by atoms with Crippen molar-refractivity contribution >= 4 is 27.7 Å². The third-order valence-corrected chi connectivity index (χ3v) is 5.38. The van der Waals surface area contributed by atoms with E-state index in [2.05, 4.69) is 42.0 Å². The van der Waals surface area contributed by atoms with Crippen LogP contribution in [0.25, 0.3) is 0 Å². The highest BCUT2D eigenvalue weighted by Gasteiger charge is 2.37.